The number of benzene rings is 2. The summed E-state index contributed by atoms with van der Waals surface area (Å²) < 4.78 is 5.26. The summed E-state index contributed by atoms with van der Waals surface area (Å²) in [5, 5.41) is 3.48. The minimum Gasteiger partial charge on any atom is -0.497 e. The smallest absolute Gasteiger partial charge is 0.230 e. The van der Waals surface area contributed by atoms with Gasteiger partial charge in [-0.2, -0.15) is 0 Å². The number of ether oxygens (including phenoxy) is 1. The Morgan fingerprint density at radius 2 is 1.63 bits per heavy atom. The quantitative estimate of drug-likeness (QED) is 0.450. The number of piperidine rings is 1. The van der Waals surface area contributed by atoms with E-state index in [9.17, 15) is 4.79 Å². The molecule has 3 aliphatic rings. The molecule has 3 heterocycles. The Morgan fingerprint density at radius 1 is 0.951 bits per heavy atom. The van der Waals surface area contributed by atoms with Crippen molar-refractivity contribution in [1.29, 1.82) is 0 Å². The van der Waals surface area contributed by atoms with Crippen molar-refractivity contribution in [3.63, 3.8) is 0 Å². The summed E-state index contributed by atoms with van der Waals surface area (Å²) in [5.74, 6) is 2.53. The molecule has 1 amide bonds. The lowest BCUT2D eigenvalue weighted by Gasteiger charge is -2.40. The zero-order valence-corrected chi connectivity index (χ0v) is 25.8. The van der Waals surface area contributed by atoms with Gasteiger partial charge in [-0.1, -0.05) is 45.4 Å². The van der Waals surface area contributed by atoms with Gasteiger partial charge in [-0.25, -0.2) is 0 Å². The van der Waals surface area contributed by atoms with Crippen LogP contribution in [0.5, 0.6) is 5.75 Å². The molecule has 5 rings (SSSR count). The van der Waals surface area contributed by atoms with Crippen molar-refractivity contribution >= 4 is 17.3 Å². The highest BCUT2D eigenvalue weighted by molar-refractivity contribution is 5.82. The number of nitrogens with one attached hydrogen (secondary N) is 1. The Morgan fingerprint density at radius 3 is 2.24 bits per heavy atom. The normalized spacial score (nSPS) is 18.8. The molecule has 3 fully saturated rings. The Balaban J connectivity index is 0.000000909. The van der Waals surface area contributed by atoms with Gasteiger partial charge in [0.15, 0.2) is 0 Å². The number of piperazine rings is 1. The standard InChI is InChI=1S/C30H41N5O2.C4H10/c1-23-20-27(33-18-16-32(17-19-33)21-26-10-13-31-14-11-26)6-9-29(23)34-15-12-30(36)35(24(34)2)22-25-4-7-28(37-3)8-5-25;1-3-4-2/h4-9,20,26,31H,2,10-19,21-22H2,1,3H3;3-4H2,1-2H3. The van der Waals surface area contributed by atoms with E-state index in [1.165, 1.54) is 56.6 Å². The van der Waals surface area contributed by atoms with Crippen molar-refractivity contribution in [3.8, 4) is 5.75 Å². The molecule has 0 radical (unpaired) electrons. The summed E-state index contributed by atoms with van der Waals surface area (Å²) in [6.45, 7) is 20.0. The number of carbonyl (C=O) groups is 1. The topological polar surface area (TPSA) is 51.3 Å². The summed E-state index contributed by atoms with van der Waals surface area (Å²) in [7, 11) is 1.66. The number of nitrogens with zero attached hydrogens (tertiary/aromatic N) is 4. The van der Waals surface area contributed by atoms with Crippen LogP contribution in [-0.4, -0.2) is 75.2 Å². The molecule has 41 heavy (non-hydrogen) atoms. The minimum absolute atomic E-state index is 0.119. The van der Waals surface area contributed by atoms with Crippen molar-refractivity contribution < 1.29 is 9.53 Å². The maximum absolute atomic E-state index is 12.8. The van der Waals surface area contributed by atoms with Crippen LogP contribution in [0.25, 0.3) is 0 Å². The second-order valence-electron chi connectivity index (χ2n) is 11.6. The molecule has 0 atom stereocenters. The van der Waals surface area contributed by atoms with Gasteiger partial charge in [0, 0.05) is 57.1 Å². The molecule has 3 saturated heterocycles. The maximum Gasteiger partial charge on any atom is 0.230 e. The van der Waals surface area contributed by atoms with Crippen LogP contribution in [-0.2, 0) is 11.3 Å². The molecule has 0 aliphatic carbocycles. The van der Waals surface area contributed by atoms with E-state index < -0.39 is 0 Å². The van der Waals surface area contributed by atoms with E-state index in [4.69, 9.17) is 4.74 Å². The predicted octanol–water partition coefficient (Wildman–Crippen LogP) is 5.64. The number of unbranched alkanes of at least 4 members (excludes halogenated alkanes) is 1. The summed E-state index contributed by atoms with van der Waals surface area (Å²) in [5.41, 5.74) is 4.69. The second kappa shape index (κ2) is 15.3. The van der Waals surface area contributed by atoms with E-state index in [0.717, 1.165) is 54.9 Å². The van der Waals surface area contributed by atoms with Crippen LogP contribution in [0, 0.1) is 12.8 Å². The molecule has 7 heteroatoms. The third-order valence-electron chi connectivity index (χ3n) is 8.66. The first kappa shape index (κ1) is 30.9. The van der Waals surface area contributed by atoms with E-state index in [2.05, 4.69) is 65.6 Å². The number of anilines is 2. The third kappa shape index (κ3) is 8.26. The Labute approximate surface area is 248 Å². The average Bonchev–Trinajstić information content (AvgIpc) is 3.01. The maximum atomic E-state index is 12.8. The van der Waals surface area contributed by atoms with Crippen LogP contribution in [0.1, 0.15) is 57.1 Å². The fraction of sp³-hybridized carbons (Fsp3) is 0.559. The van der Waals surface area contributed by atoms with Crippen LogP contribution in [0.3, 0.4) is 0 Å². The highest BCUT2D eigenvalue weighted by Gasteiger charge is 2.29. The Hall–Kier alpha value is -3.03. The van der Waals surface area contributed by atoms with Crippen LogP contribution >= 0.6 is 0 Å². The van der Waals surface area contributed by atoms with Gasteiger partial charge in [-0.15, -0.1) is 0 Å². The molecular formula is C34H51N5O2. The molecule has 0 saturated carbocycles. The van der Waals surface area contributed by atoms with Gasteiger partial charge in [0.1, 0.15) is 11.6 Å². The van der Waals surface area contributed by atoms with Crippen molar-refractivity contribution in [3.05, 3.63) is 66.0 Å². The minimum atomic E-state index is 0.119. The average molecular weight is 562 g/mol. The fourth-order valence-electron chi connectivity index (χ4n) is 5.87. The van der Waals surface area contributed by atoms with Crippen molar-refractivity contribution in [2.45, 2.75) is 59.4 Å². The van der Waals surface area contributed by atoms with E-state index >= 15 is 0 Å². The first-order valence-corrected chi connectivity index (χ1v) is 15.6. The SMILES string of the molecule is C=C1N(Cc2ccc(OC)cc2)C(=O)CCN1c1ccc(N2CCN(CC3CCNCC3)CC2)cc1C.CCCC. The highest BCUT2D eigenvalue weighted by atomic mass is 16.5. The molecular weight excluding hydrogens is 510 g/mol. The van der Waals surface area contributed by atoms with E-state index in [-0.39, 0.29) is 5.91 Å². The van der Waals surface area contributed by atoms with Gasteiger partial charge in [0.05, 0.1) is 13.7 Å². The van der Waals surface area contributed by atoms with Crippen LogP contribution in [0.15, 0.2) is 54.9 Å². The number of aryl methyl sites for hydroxylation is 1. The number of methoxy groups -OCH3 is 1. The predicted molar refractivity (Wildman–Crippen MR) is 171 cm³/mol. The summed E-state index contributed by atoms with van der Waals surface area (Å²) in [6.07, 6.45) is 5.74. The number of rotatable bonds is 8. The largest absolute Gasteiger partial charge is 0.497 e. The van der Waals surface area contributed by atoms with Gasteiger partial charge < -0.3 is 19.9 Å². The molecule has 3 aliphatic heterocycles. The molecule has 0 spiro atoms. The van der Waals surface area contributed by atoms with E-state index in [1.807, 2.05) is 24.3 Å². The molecule has 2 aromatic carbocycles. The second-order valence-corrected chi connectivity index (χ2v) is 11.6. The van der Waals surface area contributed by atoms with Crippen LogP contribution in [0.2, 0.25) is 0 Å². The highest BCUT2D eigenvalue weighted by Crippen LogP contribution is 2.32. The van der Waals surface area contributed by atoms with Crippen molar-refractivity contribution in [1.82, 2.24) is 15.1 Å². The number of amides is 1. The van der Waals surface area contributed by atoms with Gasteiger partial charge in [0.25, 0.3) is 0 Å². The van der Waals surface area contributed by atoms with Crippen LogP contribution in [0.4, 0.5) is 11.4 Å². The summed E-state index contributed by atoms with van der Waals surface area (Å²) in [6, 6.07) is 14.6. The van der Waals surface area contributed by atoms with Gasteiger partial charge in [-0.05, 0) is 80.2 Å². The molecule has 0 aromatic heterocycles. The first-order valence-electron chi connectivity index (χ1n) is 15.6. The monoisotopic (exact) mass is 561 g/mol. The first-order chi connectivity index (χ1) is 19.9. The third-order valence-corrected chi connectivity index (χ3v) is 8.66. The van der Waals surface area contributed by atoms with Crippen molar-refractivity contribution in [2.24, 2.45) is 5.92 Å². The lowest BCUT2D eigenvalue weighted by molar-refractivity contribution is -0.130. The number of hydrogen-bond donors (Lipinski definition) is 1. The Kier molecular flexibility index (Phi) is 11.5. The molecule has 0 bridgehead atoms. The summed E-state index contributed by atoms with van der Waals surface area (Å²) >= 11 is 0. The van der Waals surface area contributed by atoms with E-state index in [0.29, 0.717) is 19.5 Å². The zero-order valence-electron chi connectivity index (χ0n) is 25.8. The van der Waals surface area contributed by atoms with Gasteiger partial charge in [-0.3, -0.25) is 14.6 Å². The number of hydrogen-bond acceptors (Lipinski definition) is 6. The lowest BCUT2D eigenvalue weighted by Crippen LogP contribution is -2.48. The molecule has 2 aromatic rings. The van der Waals surface area contributed by atoms with Crippen molar-refractivity contribution in [2.75, 3.05) is 69.3 Å². The zero-order chi connectivity index (χ0) is 29.2. The molecule has 224 valence electrons. The van der Waals surface area contributed by atoms with Gasteiger partial charge in [0.2, 0.25) is 5.91 Å². The summed E-state index contributed by atoms with van der Waals surface area (Å²) in [4.78, 5) is 22.0. The van der Waals surface area contributed by atoms with Crippen LogP contribution < -0.4 is 19.9 Å². The molecule has 7 nitrogen and oxygen atoms in total. The lowest BCUT2D eigenvalue weighted by atomic mass is 9.97. The molecule has 0 unspecified atom stereocenters. The molecule has 1 N–H and O–H groups in total. The number of carbonyl (C=O) groups excluding carboxylic acids is 1. The van der Waals surface area contributed by atoms with E-state index in [1.54, 1.807) is 12.0 Å². The Bertz CT molecular complexity index is 1120. The fourth-order valence-corrected chi connectivity index (χ4v) is 5.87. The van der Waals surface area contributed by atoms with Gasteiger partial charge >= 0.3 is 0 Å².